The molecule has 1 heterocycles. The van der Waals surface area contributed by atoms with E-state index in [1.54, 1.807) is 0 Å². The molecule has 3 N–H and O–H groups in total. The molecular formula is C14H22N4O. The second-order valence-corrected chi connectivity index (χ2v) is 5.50. The van der Waals surface area contributed by atoms with Crippen molar-refractivity contribution in [2.24, 2.45) is 11.8 Å². The van der Waals surface area contributed by atoms with E-state index in [0.29, 0.717) is 18.1 Å². The predicted octanol–water partition coefficient (Wildman–Crippen LogP) is 2.00. The average Bonchev–Trinajstić information content (AvgIpc) is 2.41. The van der Waals surface area contributed by atoms with Crippen molar-refractivity contribution in [2.45, 2.75) is 39.0 Å². The number of anilines is 1. The van der Waals surface area contributed by atoms with Crippen molar-refractivity contribution >= 4 is 11.7 Å². The molecule has 0 atom stereocenters. The maximum absolute atomic E-state index is 11.8. The number of hydrogen-bond donors (Lipinski definition) is 2. The second-order valence-electron chi connectivity index (χ2n) is 5.50. The van der Waals surface area contributed by atoms with E-state index in [4.69, 9.17) is 5.73 Å². The summed E-state index contributed by atoms with van der Waals surface area (Å²) in [5.41, 5.74) is 5.76. The van der Waals surface area contributed by atoms with Crippen LogP contribution < -0.4 is 11.1 Å². The van der Waals surface area contributed by atoms with Gasteiger partial charge in [-0.25, -0.2) is 9.97 Å². The average molecular weight is 262 g/mol. The van der Waals surface area contributed by atoms with Gasteiger partial charge in [-0.15, -0.1) is 0 Å². The smallest absolute Gasteiger partial charge is 0.271 e. The molecule has 1 aliphatic carbocycles. The van der Waals surface area contributed by atoms with Crippen molar-refractivity contribution in [2.75, 3.05) is 12.3 Å². The minimum Gasteiger partial charge on any atom is -0.382 e. The van der Waals surface area contributed by atoms with Gasteiger partial charge in [0.2, 0.25) is 0 Å². The number of nitrogens with two attached hydrogens (primary N) is 1. The highest BCUT2D eigenvalue weighted by molar-refractivity contribution is 5.91. The lowest BCUT2D eigenvalue weighted by Gasteiger charge is -2.26. The number of aromatic nitrogens is 2. The summed E-state index contributed by atoms with van der Waals surface area (Å²) in [6, 6.07) is 0. The molecule has 0 radical (unpaired) electrons. The molecule has 104 valence electrons. The first kappa shape index (κ1) is 13.8. The van der Waals surface area contributed by atoms with Gasteiger partial charge in [0.25, 0.3) is 5.91 Å². The summed E-state index contributed by atoms with van der Waals surface area (Å²) >= 11 is 0. The molecule has 0 bridgehead atoms. The Morgan fingerprint density at radius 2 is 2.05 bits per heavy atom. The van der Waals surface area contributed by atoms with Gasteiger partial charge in [-0.2, -0.15) is 0 Å². The van der Waals surface area contributed by atoms with Crippen LogP contribution >= 0.6 is 0 Å². The fourth-order valence-corrected chi connectivity index (χ4v) is 2.55. The normalized spacial score (nSPS) is 23.0. The minimum atomic E-state index is -0.170. The first-order valence-electron chi connectivity index (χ1n) is 7.01. The molecule has 19 heavy (non-hydrogen) atoms. The van der Waals surface area contributed by atoms with E-state index in [1.165, 1.54) is 38.1 Å². The number of carbonyl (C=O) groups is 1. The third kappa shape index (κ3) is 4.19. The van der Waals surface area contributed by atoms with Crippen molar-refractivity contribution in [3.8, 4) is 0 Å². The van der Waals surface area contributed by atoms with Crippen LogP contribution in [0.3, 0.4) is 0 Å². The lowest BCUT2D eigenvalue weighted by atomic mass is 9.81. The highest BCUT2D eigenvalue weighted by atomic mass is 16.1. The SMILES string of the molecule is CC1CCC(CCNC(=O)c2cnc(N)cn2)CC1. The van der Waals surface area contributed by atoms with E-state index in [1.807, 2.05) is 0 Å². The summed E-state index contributed by atoms with van der Waals surface area (Å²) in [7, 11) is 0. The zero-order valence-electron chi connectivity index (χ0n) is 11.4. The third-order valence-electron chi connectivity index (χ3n) is 3.88. The van der Waals surface area contributed by atoms with Crippen LogP contribution in [0, 0.1) is 11.8 Å². The number of rotatable bonds is 4. The summed E-state index contributed by atoms with van der Waals surface area (Å²) in [6.07, 6.45) is 9.09. The summed E-state index contributed by atoms with van der Waals surface area (Å²) in [5, 5.41) is 2.89. The molecule has 0 aromatic carbocycles. The Morgan fingerprint density at radius 1 is 1.32 bits per heavy atom. The second kappa shape index (κ2) is 6.50. The molecule has 1 aromatic rings. The van der Waals surface area contributed by atoms with E-state index in [9.17, 15) is 4.79 Å². The molecule has 1 aromatic heterocycles. The Bertz CT molecular complexity index is 410. The first-order valence-corrected chi connectivity index (χ1v) is 7.01. The first-order chi connectivity index (χ1) is 9.15. The van der Waals surface area contributed by atoms with Crippen molar-refractivity contribution in [3.05, 3.63) is 18.1 Å². The molecule has 1 saturated carbocycles. The highest BCUT2D eigenvalue weighted by Crippen LogP contribution is 2.29. The van der Waals surface area contributed by atoms with Crippen LogP contribution in [0.1, 0.15) is 49.5 Å². The van der Waals surface area contributed by atoms with Crippen LogP contribution in [-0.2, 0) is 0 Å². The topological polar surface area (TPSA) is 80.9 Å². The molecule has 0 spiro atoms. The van der Waals surface area contributed by atoms with Gasteiger partial charge in [-0.05, 0) is 18.3 Å². The largest absolute Gasteiger partial charge is 0.382 e. The summed E-state index contributed by atoms with van der Waals surface area (Å²) in [4.78, 5) is 19.6. The Labute approximate surface area is 114 Å². The molecular weight excluding hydrogens is 240 g/mol. The Morgan fingerprint density at radius 3 is 2.68 bits per heavy atom. The molecule has 1 fully saturated rings. The molecule has 0 saturated heterocycles. The van der Waals surface area contributed by atoms with Crippen LogP contribution in [-0.4, -0.2) is 22.4 Å². The minimum absolute atomic E-state index is 0.170. The lowest BCUT2D eigenvalue weighted by molar-refractivity contribution is 0.0944. The van der Waals surface area contributed by atoms with Gasteiger partial charge in [0, 0.05) is 6.54 Å². The Hall–Kier alpha value is -1.65. The van der Waals surface area contributed by atoms with Crippen molar-refractivity contribution in [1.29, 1.82) is 0 Å². The Balaban J connectivity index is 1.70. The van der Waals surface area contributed by atoms with E-state index in [0.717, 1.165) is 18.3 Å². The highest BCUT2D eigenvalue weighted by Gasteiger charge is 2.18. The molecule has 0 unspecified atom stereocenters. The van der Waals surface area contributed by atoms with Crippen LogP contribution in [0.25, 0.3) is 0 Å². The van der Waals surface area contributed by atoms with E-state index in [-0.39, 0.29) is 5.91 Å². The molecule has 0 aliphatic heterocycles. The van der Waals surface area contributed by atoms with E-state index >= 15 is 0 Å². The fraction of sp³-hybridized carbons (Fsp3) is 0.643. The standard InChI is InChI=1S/C14H22N4O/c1-10-2-4-11(5-3-10)6-7-16-14(19)12-8-18-13(15)9-17-12/h8-11H,2-7H2,1H3,(H2,15,18)(H,16,19). The van der Waals surface area contributed by atoms with Gasteiger partial charge in [-0.1, -0.05) is 32.6 Å². The Kier molecular flexibility index (Phi) is 4.71. The van der Waals surface area contributed by atoms with Crippen LogP contribution in [0.5, 0.6) is 0 Å². The van der Waals surface area contributed by atoms with Crippen molar-refractivity contribution in [1.82, 2.24) is 15.3 Å². The molecule has 2 rings (SSSR count). The van der Waals surface area contributed by atoms with E-state index < -0.39 is 0 Å². The number of nitrogen functional groups attached to an aromatic ring is 1. The predicted molar refractivity (Wildman–Crippen MR) is 74.5 cm³/mol. The van der Waals surface area contributed by atoms with E-state index in [2.05, 4.69) is 22.2 Å². The van der Waals surface area contributed by atoms with Gasteiger partial charge < -0.3 is 11.1 Å². The van der Waals surface area contributed by atoms with Gasteiger partial charge in [0.1, 0.15) is 11.5 Å². The fourth-order valence-electron chi connectivity index (χ4n) is 2.55. The van der Waals surface area contributed by atoms with Gasteiger partial charge in [0.15, 0.2) is 0 Å². The molecule has 5 nitrogen and oxygen atoms in total. The maximum Gasteiger partial charge on any atom is 0.271 e. The van der Waals surface area contributed by atoms with Gasteiger partial charge in [0.05, 0.1) is 12.4 Å². The number of nitrogens with one attached hydrogen (secondary N) is 1. The number of amides is 1. The molecule has 1 aliphatic rings. The quantitative estimate of drug-likeness (QED) is 0.869. The number of carbonyl (C=O) groups excluding carboxylic acids is 1. The zero-order chi connectivity index (χ0) is 13.7. The maximum atomic E-state index is 11.8. The third-order valence-corrected chi connectivity index (χ3v) is 3.88. The molecule has 1 amide bonds. The van der Waals surface area contributed by atoms with Crippen LogP contribution in [0.15, 0.2) is 12.4 Å². The lowest BCUT2D eigenvalue weighted by Crippen LogP contribution is -2.27. The number of nitrogens with zero attached hydrogens (tertiary/aromatic N) is 2. The van der Waals surface area contributed by atoms with Crippen molar-refractivity contribution < 1.29 is 4.79 Å². The van der Waals surface area contributed by atoms with Crippen molar-refractivity contribution in [3.63, 3.8) is 0 Å². The van der Waals surface area contributed by atoms with Gasteiger partial charge in [-0.3, -0.25) is 4.79 Å². The zero-order valence-corrected chi connectivity index (χ0v) is 11.4. The van der Waals surface area contributed by atoms with Crippen LogP contribution in [0.2, 0.25) is 0 Å². The summed E-state index contributed by atoms with van der Waals surface area (Å²) in [5.74, 6) is 1.79. The summed E-state index contributed by atoms with van der Waals surface area (Å²) < 4.78 is 0. The number of hydrogen-bond acceptors (Lipinski definition) is 4. The van der Waals surface area contributed by atoms with Crippen LogP contribution in [0.4, 0.5) is 5.82 Å². The summed E-state index contributed by atoms with van der Waals surface area (Å²) in [6.45, 7) is 3.03. The monoisotopic (exact) mass is 262 g/mol. The van der Waals surface area contributed by atoms with Gasteiger partial charge >= 0.3 is 0 Å². The molecule has 5 heteroatoms.